The lowest BCUT2D eigenvalue weighted by Crippen LogP contribution is -2.42. The summed E-state index contributed by atoms with van der Waals surface area (Å²) < 4.78 is 24.2. The van der Waals surface area contributed by atoms with Crippen molar-refractivity contribution in [3.05, 3.63) is 0 Å². The van der Waals surface area contributed by atoms with Crippen LogP contribution in [0.2, 0.25) is 0 Å². The Morgan fingerprint density at radius 3 is 2.53 bits per heavy atom. The Morgan fingerprint density at radius 2 is 1.93 bits per heavy atom. The normalized spacial score (nSPS) is 61.9. The summed E-state index contributed by atoms with van der Waals surface area (Å²) in [6.07, 6.45) is 2.19. The Kier molecular flexibility index (Phi) is 1.73. The number of hydrogen-bond acceptors (Lipinski definition) is 3. The van der Waals surface area contributed by atoms with Crippen molar-refractivity contribution in [2.24, 2.45) is 5.92 Å². The van der Waals surface area contributed by atoms with E-state index in [4.69, 9.17) is 9.26 Å². The van der Waals surface area contributed by atoms with Crippen molar-refractivity contribution in [3.8, 4) is 0 Å². The molecule has 0 aromatic rings. The van der Waals surface area contributed by atoms with Crippen LogP contribution in [0, 0.1) is 5.92 Å². The van der Waals surface area contributed by atoms with E-state index < -0.39 is 7.37 Å². The summed E-state index contributed by atoms with van der Waals surface area (Å²) in [5.74, 6) is 0.409. The molecule has 0 aromatic carbocycles. The Hall–Kier alpha value is 0.150. The Morgan fingerprint density at radius 1 is 1.33 bits per heavy atom. The molecule has 1 aliphatic carbocycles. The van der Waals surface area contributed by atoms with Crippen LogP contribution in [-0.4, -0.2) is 29.6 Å². The van der Waals surface area contributed by atoms with E-state index in [9.17, 15) is 4.57 Å². The lowest BCUT2D eigenvalue weighted by atomic mass is 9.75. The Bertz CT molecular complexity index is 363. The summed E-state index contributed by atoms with van der Waals surface area (Å²) in [5.41, 5.74) is -0.124. The summed E-state index contributed by atoms with van der Waals surface area (Å²) in [4.78, 5) is 0. The highest BCUT2D eigenvalue weighted by molar-refractivity contribution is 7.60. The molecule has 3 nitrogen and oxygen atoms in total. The molecule has 3 aliphatic rings. The molecule has 2 aliphatic heterocycles. The van der Waals surface area contributed by atoms with Crippen molar-refractivity contribution in [3.63, 3.8) is 0 Å². The second-order valence-corrected chi connectivity index (χ2v) is 8.69. The van der Waals surface area contributed by atoms with Crippen LogP contribution >= 0.6 is 7.37 Å². The topological polar surface area (TPSA) is 38.8 Å². The van der Waals surface area contributed by atoms with Crippen molar-refractivity contribution in [1.29, 1.82) is 0 Å². The van der Waals surface area contributed by atoms with Gasteiger partial charge in [0.25, 0.3) is 0 Å². The lowest BCUT2D eigenvalue weighted by Gasteiger charge is -2.36. The standard InChI is InChI=1S/C11H19O3P/c1-7(2)11-5-8-10(3,13-8)9(6-11)14-15(11,4)12/h7-9H,5-6H2,1-4H3/t8-,9-,10-,11-,15?/m0/s1. The lowest BCUT2D eigenvalue weighted by molar-refractivity contribution is 0.122. The summed E-state index contributed by atoms with van der Waals surface area (Å²) in [7, 11) is -2.46. The number of rotatable bonds is 1. The van der Waals surface area contributed by atoms with E-state index in [0.717, 1.165) is 12.8 Å². The van der Waals surface area contributed by atoms with Gasteiger partial charge < -0.3 is 9.26 Å². The SMILES string of the molecule is CC(C)[C@]12C[C@@H]3O[C@]3(C)[C@H](C1)OP2(C)=O. The minimum Gasteiger partial charge on any atom is -0.363 e. The van der Waals surface area contributed by atoms with Crippen LogP contribution < -0.4 is 0 Å². The Balaban J connectivity index is 2.05. The zero-order chi connectivity index (χ0) is 11.1. The zero-order valence-electron chi connectivity index (χ0n) is 9.82. The van der Waals surface area contributed by atoms with Gasteiger partial charge in [0.15, 0.2) is 0 Å². The van der Waals surface area contributed by atoms with Crippen molar-refractivity contribution in [2.45, 2.75) is 56.6 Å². The van der Waals surface area contributed by atoms with E-state index in [1.807, 2.05) is 6.66 Å². The molecule has 2 saturated heterocycles. The number of ether oxygens (including phenoxy) is 1. The summed E-state index contributed by atoms with van der Waals surface area (Å²) in [6, 6.07) is 0. The van der Waals surface area contributed by atoms with Gasteiger partial charge in [0.1, 0.15) is 5.60 Å². The zero-order valence-corrected chi connectivity index (χ0v) is 10.7. The molecule has 1 saturated carbocycles. The van der Waals surface area contributed by atoms with Crippen molar-refractivity contribution >= 4 is 7.37 Å². The molecule has 86 valence electrons. The molecule has 4 heteroatoms. The third-order valence-corrected chi connectivity index (χ3v) is 8.06. The summed E-state index contributed by atoms with van der Waals surface area (Å²) in [5, 5.41) is -0.113. The van der Waals surface area contributed by atoms with E-state index in [2.05, 4.69) is 20.8 Å². The molecule has 0 N–H and O–H groups in total. The van der Waals surface area contributed by atoms with Gasteiger partial charge in [-0.1, -0.05) is 13.8 Å². The molecule has 5 atom stereocenters. The molecule has 3 rings (SSSR count). The van der Waals surface area contributed by atoms with E-state index in [-0.39, 0.29) is 23.0 Å². The average Bonchev–Trinajstić information content (AvgIpc) is 2.67. The maximum Gasteiger partial charge on any atom is 0.206 e. The molecule has 0 aromatic heterocycles. The van der Waals surface area contributed by atoms with Gasteiger partial charge in [0.05, 0.1) is 17.4 Å². The first-order chi connectivity index (χ1) is 6.82. The Labute approximate surface area is 91.0 Å². The fourth-order valence-electron chi connectivity index (χ4n) is 3.49. The highest BCUT2D eigenvalue weighted by Gasteiger charge is 2.74. The van der Waals surface area contributed by atoms with Gasteiger partial charge in [-0.3, -0.25) is 4.57 Å². The van der Waals surface area contributed by atoms with Gasteiger partial charge in [-0.15, -0.1) is 0 Å². The van der Waals surface area contributed by atoms with Crippen LogP contribution in [0.1, 0.15) is 33.6 Å². The molecule has 1 unspecified atom stereocenters. The van der Waals surface area contributed by atoms with E-state index >= 15 is 0 Å². The number of hydrogen-bond donors (Lipinski definition) is 0. The molecule has 15 heavy (non-hydrogen) atoms. The van der Waals surface area contributed by atoms with E-state index in [1.165, 1.54) is 0 Å². The smallest absolute Gasteiger partial charge is 0.206 e. The second-order valence-electron chi connectivity index (χ2n) is 5.90. The highest BCUT2D eigenvalue weighted by atomic mass is 31.2. The van der Waals surface area contributed by atoms with Crippen LogP contribution in [0.4, 0.5) is 0 Å². The molecule has 2 bridgehead atoms. The monoisotopic (exact) mass is 230 g/mol. The highest BCUT2D eigenvalue weighted by Crippen LogP contribution is 2.76. The molecule has 2 heterocycles. The first-order valence-corrected chi connectivity index (χ1v) is 7.83. The van der Waals surface area contributed by atoms with Gasteiger partial charge in [-0.25, -0.2) is 0 Å². The maximum atomic E-state index is 12.6. The van der Waals surface area contributed by atoms with Crippen LogP contribution in [0.5, 0.6) is 0 Å². The largest absolute Gasteiger partial charge is 0.363 e. The first-order valence-electron chi connectivity index (χ1n) is 5.76. The van der Waals surface area contributed by atoms with Gasteiger partial charge in [0.2, 0.25) is 7.37 Å². The molecule has 0 radical (unpaired) electrons. The van der Waals surface area contributed by atoms with Crippen LogP contribution in [0.3, 0.4) is 0 Å². The van der Waals surface area contributed by atoms with Crippen molar-refractivity contribution < 1.29 is 13.8 Å². The third kappa shape index (κ3) is 1.02. The molecular weight excluding hydrogens is 211 g/mol. The van der Waals surface area contributed by atoms with Gasteiger partial charge in [-0.05, 0) is 25.7 Å². The fraction of sp³-hybridized carbons (Fsp3) is 1.00. The minimum atomic E-state index is -2.46. The summed E-state index contributed by atoms with van der Waals surface area (Å²) >= 11 is 0. The van der Waals surface area contributed by atoms with Crippen LogP contribution in [-0.2, 0) is 13.8 Å². The summed E-state index contributed by atoms with van der Waals surface area (Å²) in [6.45, 7) is 8.24. The van der Waals surface area contributed by atoms with E-state index in [0.29, 0.717) is 5.92 Å². The number of epoxide rings is 1. The van der Waals surface area contributed by atoms with Gasteiger partial charge in [-0.2, -0.15) is 0 Å². The minimum absolute atomic E-state index is 0.0643. The predicted molar refractivity (Wildman–Crippen MR) is 58.5 cm³/mol. The first kappa shape index (κ1) is 10.3. The predicted octanol–water partition coefficient (Wildman–Crippen LogP) is 2.64. The number of fused-ring (bicyclic) bond motifs is 4. The molecular formula is C11H19O3P. The second kappa shape index (κ2) is 2.52. The van der Waals surface area contributed by atoms with E-state index in [1.54, 1.807) is 0 Å². The molecule has 0 amide bonds. The average molecular weight is 230 g/mol. The van der Waals surface area contributed by atoms with Crippen LogP contribution in [0.25, 0.3) is 0 Å². The van der Waals surface area contributed by atoms with Gasteiger partial charge >= 0.3 is 0 Å². The maximum absolute atomic E-state index is 12.6. The van der Waals surface area contributed by atoms with Crippen LogP contribution in [0.15, 0.2) is 0 Å². The van der Waals surface area contributed by atoms with Gasteiger partial charge in [0, 0.05) is 6.66 Å². The third-order valence-electron chi connectivity index (χ3n) is 4.91. The molecule has 3 fully saturated rings. The fourth-order valence-corrected chi connectivity index (χ4v) is 6.40. The van der Waals surface area contributed by atoms with Crippen molar-refractivity contribution in [2.75, 3.05) is 6.66 Å². The quantitative estimate of drug-likeness (QED) is 0.513. The van der Waals surface area contributed by atoms with Crippen molar-refractivity contribution in [1.82, 2.24) is 0 Å². The molecule has 0 spiro atoms.